The van der Waals surface area contributed by atoms with Crippen LogP contribution in [0.25, 0.3) is 0 Å². The number of rotatable bonds is 4. The van der Waals surface area contributed by atoms with E-state index >= 15 is 0 Å². The van der Waals surface area contributed by atoms with Gasteiger partial charge in [0.1, 0.15) is 0 Å². The van der Waals surface area contributed by atoms with Crippen molar-refractivity contribution in [2.75, 3.05) is 6.54 Å². The van der Waals surface area contributed by atoms with Gasteiger partial charge < -0.3 is 11.1 Å². The molecule has 1 saturated carbocycles. The van der Waals surface area contributed by atoms with E-state index in [2.05, 4.69) is 17.4 Å². The Labute approximate surface area is 96.0 Å². The fourth-order valence-corrected chi connectivity index (χ4v) is 1.93. The first-order valence-corrected chi connectivity index (χ1v) is 5.73. The van der Waals surface area contributed by atoms with Crippen LogP contribution in [0.3, 0.4) is 0 Å². The normalized spacial score (nSPS) is 18.9. The average molecular weight is 218 g/mol. The number of nitrogens with one attached hydrogen (secondary N) is 1. The van der Waals surface area contributed by atoms with Crippen molar-refractivity contribution in [2.45, 2.75) is 31.2 Å². The SMILES string of the molecule is C[C@H](N)C(=O)NCC1(c2ccccc2)CC1. The van der Waals surface area contributed by atoms with Crippen molar-refractivity contribution in [3.63, 3.8) is 0 Å². The molecule has 0 unspecified atom stereocenters. The van der Waals surface area contributed by atoms with Crippen molar-refractivity contribution >= 4 is 5.91 Å². The molecule has 0 radical (unpaired) electrons. The minimum Gasteiger partial charge on any atom is -0.354 e. The van der Waals surface area contributed by atoms with Crippen molar-refractivity contribution in [3.8, 4) is 0 Å². The predicted octanol–water partition coefficient (Wildman–Crippen LogP) is 1.18. The van der Waals surface area contributed by atoms with Crippen molar-refractivity contribution in [1.29, 1.82) is 0 Å². The molecule has 0 aliphatic heterocycles. The third kappa shape index (κ3) is 2.25. The van der Waals surface area contributed by atoms with E-state index in [1.807, 2.05) is 18.2 Å². The van der Waals surface area contributed by atoms with E-state index in [0.717, 1.165) is 12.8 Å². The Morgan fingerprint density at radius 2 is 2.06 bits per heavy atom. The first kappa shape index (κ1) is 11.1. The first-order chi connectivity index (χ1) is 7.64. The van der Waals surface area contributed by atoms with Gasteiger partial charge in [-0.05, 0) is 25.3 Å². The maximum atomic E-state index is 11.4. The molecule has 16 heavy (non-hydrogen) atoms. The van der Waals surface area contributed by atoms with Crippen LogP contribution in [0, 0.1) is 0 Å². The van der Waals surface area contributed by atoms with Gasteiger partial charge in [0.2, 0.25) is 5.91 Å². The minimum atomic E-state index is -0.424. The van der Waals surface area contributed by atoms with Crippen LogP contribution in [0.5, 0.6) is 0 Å². The van der Waals surface area contributed by atoms with Crippen LogP contribution in [-0.2, 0) is 10.2 Å². The molecule has 0 heterocycles. The van der Waals surface area contributed by atoms with Gasteiger partial charge in [-0.25, -0.2) is 0 Å². The van der Waals surface area contributed by atoms with Gasteiger partial charge >= 0.3 is 0 Å². The summed E-state index contributed by atoms with van der Waals surface area (Å²) >= 11 is 0. The van der Waals surface area contributed by atoms with E-state index in [9.17, 15) is 4.79 Å². The van der Waals surface area contributed by atoms with Crippen LogP contribution >= 0.6 is 0 Å². The van der Waals surface area contributed by atoms with Gasteiger partial charge in [0.25, 0.3) is 0 Å². The first-order valence-electron chi connectivity index (χ1n) is 5.73. The molecule has 0 spiro atoms. The summed E-state index contributed by atoms with van der Waals surface area (Å²) in [5, 5.41) is 2.92. The molecule has 1 aromatic rings. The molecule has 1 fully saturated rings. The lowest BCUT2D eigenvalue weighted by Crippen LogP contribution is -2.41. The number of amides is 1. The summed E-state index contributed by atoms with van der Waals surface area (Å²) in [6.45, 7) is 2.41. The summed E-state index contributed by atoms with van der Waals surface area (Å²) in [5.41, 5.74) is 7.00. The fourth-order valence-electron chi connectivity index (χ4n) is 1.93. The van der Waals surface area contributed by atoms with E-state index in [1.54, 1.807) is 6.92 Å². The lowest BCUT2D eigenvalue weighted by atomic mass is 9.96. The third-order valence-electron chi connectivity index (χ3n) is 3.25. The van der Waals surface area contributed by atoms with E-state index in [4.69, 9.17) is 5.73 Å². The van der Waals surface area contributed by atoms with Gasteiger partial charge in [-0.2, -0.15) is 0 Å². The van der Waals surface area contributed by atoms with Crippen LogP contribution in [0.15, 0.2) is 30.3 Å². The second-order valence-corrected chi connectivity index (χ2v) is 4.65. The average Bonchev–Trinajstić information content (AvgIpc) is 3.08. The highest BCUT2D eigenvalue weighted by molar-refractivity contribution is 5.81. The summed E-state index contributed by atoms with van der Waals surface area (Å²) in [4.78, 5) is 11.4. The van der Waals surface area contributed by atoms with E-state index in [1.165, 1.54) is 5.56 Å². The molecule has 3 N–H and O–H groups in total. The minimum absolute atomic E-state index is 0.0674. The quantitative estimate of drug-likeness (QED) is 0.797. The lowest BCUT2D eigenvalue weighted by Gasteiger charge is -2.17. The standard InChI is InChI=1S/C13H18N2O/c1-10(14)12(16)15-9-13(7-8-13)11-5-3-2-4-6-11/h2-6,10H,7-9,14H2,1H3,(H,15,16)/t10-/m0/s1. The lowest BCUT2D eigenvalue weighted by molar-refractivity contribution is -0.122. The maximum absolute atomic E-state index is 11.4. The molecule has 0 saturated heterocycles. The van der Waals surface area contributed by atoms with Gasteiger partial charge in [0.05, 0.1) is 6.04 Å². The largest absolute Gasteiger partial charge is 0.354 e. The Morgan fingerprint density at radius 1 is 1.44 bits per heavy atom. The van der Waals surface area contributed by atoms with Crippen molar-refractivity contribution in [3.05, 3.63) is 35.9 Å². The second kappa shape index (κ2) is 4.26. The molecule has 2 rings (SSSR count). The van der Waals surface area contributed by atoms with Gasteiger partial charge in [-0.3, -0.25) is 4.79 Å². The Kier molecular flexibility index (Phi) is 2.97. The molecule has 3 heteroatoms. The number of carbonyl (C=O) groups excluding carboxylic acids is 1. The number of benzene rings is 1. The molecule has 1 aliphatic rings. The van der Waals surface area contributed by atoms with E-state index in [-0.39, 0.29) is 11.3 Å². The smallest absolute Gasteiger partial charge is 0.236 e. The van der Waals surface area contributed by atoms with Crippen molar-refractivity contribution < 1.29 is 4.79 Å². The Hall–Kier alpha value is -1.35. The number of hydrogen-bond acceptors (Lipinski definition) is 2. The predicted molar refractivity (Wildman–Crippen MR) is 64.0 cm³/mol. The number of hydrogen-bond donors (Lipinski definition) is 2. The number of carbonyl (C=O) groups is 1. The Morgan fingerprint density at radius 3 is 2.56 bits per heavy atom. The van der Waals surface area contributed by atoms with Gasteiger partial charge in [0, 0.05) is 12.0 Å². The molecular formula is C13H18N2O. The van der Waals surface area contributed by atoms with Gasteiger partial charge in [-0.15, -0.1) is 0 Å². The Balaban J connectivity index is 1.97. The van der Waals surface area contributed by atoms with Crippen LogP contribution < -0.4 is 11.1 Å². The zero-order chi connectivity index (χ0) is 11.6. The highest BCUT2D eigenvalue weighted by atomic mass is 16.2. The molecule has 1 atom stereocenters. The molecule has 0 aromatic heterocycles. The fraction of sp³-hybridized carbons (Fsp3) is 0.462. The number of nitrogens with two attached hydrogens (primary N) is 1. The summed E-state index contributed by atoms with van der Waals surface area (Å²) in [6.07, 6.45) is 2.30. The zero-order valence-corrected chi connectivity index (χ0v) is 9.57. The van der Waals surface area contributed by atoms with Crippen LogP contribution in [0.1, 0.15) is 25.3 Å². The summed E-state index contributed by atoms with van der Waals surface area (Å²) in [5.74, 6) is -0.0674. The third-order valence-corrected chi connectivity index (χ3v) is 3.25. The summed E-state index contributed by atoms with van der Waals surface area (Å²) in [6, 6.07) is 9.94. The van der Waals surface area contributed by atoms with Crippen molar-refractivity contribution in [1.82, 2.24) is 5.32 Å². The molecule has 1 amide bonds. The van der Waals surface area contributed by atoms with Crippen LogP contribution in [0.2, 0.25) is 0 Å². The maximum Gasteiger partial charge on any atom is 0.236 e. The van der Waals surface area contributed by atoms with Crippen molar-refractivity contribution in [2.24, 2.45) is 5.73 Å². The molecular weight excluding hydrogens is 200 g/mol. The van der Waals surface area contributed by atoms with Gasteiger partial charge in [-0.1, -0.05) is 30.3 Å². The molecule has 86 valence electrons. The molecule has 1 aliphatic carbocycles. The Bertz CT molecular complexity index is 369. The van der Waals surface area contributed by atoms with Gasteiger partial charge in [0.15, 0.2) is 0 Å². The zero-order valence-electron chi connectivity index (χ0n) is 9.57. The second-order valence-electron chi connectivity index (χ2n) is 4.65. The molecule has 1 aromatic carbocycles. The molecule has 3 nitrogen and oxygen atoms in total. The summed E-state index contributed by atoms with van der Waals surface area (Å²) in [7, 11) is 0. The van der Waals surface area contributed by atoms with Crippen LogP contribution in [-0.4, -0.2) is 18.5 Å². The summed E-state index contributed by atoms with van der Waals surface area (Å²) < 4.78 is 0. The van der Waals surface area contributed by atoms with E-state index < -0.39 is 6.04 Å². The topological polar surface area (TPSA) is 55.1 Å². The van der Waals surface area contributed by atoms with E-state index in [0.29, 0.717) is 6.54 Å². The monoisotopic (exact) mass is 218 g/mol. The highest BCUT2D eigenvalue weighted by Crippen LogP contribution is 2.47. The highest BCUT2D eigenvalue weighted by Gasteiger charge is 2.44. The van der Waals surface area contributed by atoms with Crippen LogP contribution in [0.4, 0.5) is 0 Å². The molecule has 0 bridgehead atoms.